The number of carboxylic acid groups (broad SMARTS) is 2. The standard InChI is InChI=1S/C18H14N2O9/c21-14(22)10-18(16(24)25,12-6-8-13(9-7-12)20(27)28)19-17(26)29-15(23)11-4-2-1-3-5-11/h1-9H,10H2,(H,19,26)(H,21,22)(H,24,25)/t18-/m1/s1. The van der Waals surface area contributed by atoms with Crippen molar-refractivity contribution in [1.82, 2.24) is 5.32 Å². The van der Waals surface area contributed by atoms with Crippen LogP contribution < -0.4 is 5.32 Å². The van der Waals surface area contributed by atoms with Gasteiger partial charge < -0.3 is 20.3 Å². The molecule has 1 atom stereocenters. The summed E-state index contributed by atoms with van der Waals surface area (Å²) in [5.74, 6) is -4.43. The van der Waals surface area contributed by atoms with Gasteiger partial charge in [0.15, 0.2) is 5.54 Å². The van der Waals surface area contributed by atoms with Crippen LogP contribution in [0.3, 0.4) is 0 Å². The van der Waals surface area contributed by atoms with Crippen LogP contribution in [0.2, 0.25) is 0 Å². The minimum absolute atomic E-state index is 0.0112. The van der Waals surface area contributed by atoms with Crippen LogP contribution in [-0.2, 0) is 19.9 Å². The molecule has 1 amide bonds. The monoisotopic (exact) mass is 402 g/mol. The molecule has 0 saturated carbocycles. The Balaban J connectivity index is 2.35. The van der Waals surface area contributed by atoms with Gasteiger partial charge in [-0.1, -0.05) is 18.2 Å². The fourth-order valence-electron chi connectivity index (χ4n) is 2.48. The number of amides is 1. The van der Waals surface area contributed by atoms with Gasteiger partial charge in [-0.15, -0.1) is 0 Å². The molecule has 0 aliphatic carbocycles. The molecule has 0 heterocycles. The molecule has 3 N–H and O–H groups in total. The maximum absolute atomic E-state index is 12.2. The molecule has 2 aromatic rings. The summed E-state index contributed by atoms with van der Waals surface area (Å²) in [6, 6.07) is 11.3. The fourth-order valence-corrected chi connectivity index (χ4v) is 2.48. The molecule has 2 aromatic carbocycles. The Bertz CT molecular complexity index is 957. The SMILES string of the molecule is O=C(O)C[C@](NC(=O)OC(=O)c1ccccc1)(C(=O)O)c1ccc([N+](=O)[O-])cc1. The Kier molecular flexibility index (Phi) is 6.24. The number of benzene rings is 2. The van der Waals surface area contributed by atoms with Crippen LogP contribution >= 0.6 is 0 Å². The van der Waals surface area contributed by atoms with Crippen LogP contribution in [0.15, 0.2) is 54.6 Å². The summed E-state index contributed by atoms with van der Waals surface area (Å²) in [5, 5.41) is 31.5. The van der Waals surface area contributed by atoms with Gasteiger partial charge >= 0.3 is 24.0 Å². The molecule has 150 valence electrons. The molecule has 0 radical (unpaired) electrons. The zero-order valence-corrected chi connectivity index (χ0v) is 14.6. The van der Waals surface area contributed by atoms with Crippen molar-refractivity contribution in [1.29, 1.82) is 0 Å². The second-order valence-corrected chi connectivity index (χ2v) is 5.75. The number of hydrogen-bond donors (Lipinski definition) is 3. The molecule has 29 heavy (non-hydrogen) atoms. The number of nitrogens with one attached hydrogen (secondary N) is 1. The van der Waals surface area contributed by atoms with Crippen molar-refractivity contribution < 1.29 is 39.1 Å². The third-order valence-electron chi connectivity index (χ3n) is 3.86. The van der Waals surface area contributed by atoms with E-state index in [4.69, 9.17) is 5.11 Å². The summed E-state index contributed by atoms with van der Waals surface area (Å²) >= 11 is 0. The molecule has 11 heteroatoms. The molecule has 0 fully saturated rings. The van der Waals surface area contributed by atoms with Crippen LogP contribution in [0.1, 0.15) is 22.3 Å². The third-order valence-corrected chi connectivity index (χ3v) is 3.86. The minimum atomic E-state index is -2.53. The van der Waals surface area contributed by atoms with Gasteiger partial charge in [0.2, 0.25) is 0 Å². The first-order valence-electron chi connectivity index (χ1n) is 7.95. The Labute approximate surface area is 162 Å². The number of nitro benzene ring substituents is 1. The van der Waals surface area contributed by atoms with Crippen LogP contribution in [0.5, 0.6) is 0 Å². The molecule has 0 bridgehead atoms. The highest BCUT2D eigenvalue weighted by atomic mass is 16.6. The summed E-state index contributed by atoms with van der Waals surface area (Å²) in [6.45, 7) is 0. The highest BCUT2D eigenvalue weighted by molar-refractivity contribution is 5.98. The largest absolute Gasteiger partial charge is 0.481 e. The van der Waals surface area contributed by atoms with E-state index in [1.165, 1.54) is 24.3 Å². The number of hydrogen-bond acceptors (Lipinski definition) is 7. The van der Waals surface area contributed by atoms with Crippen molar-refractivity contribution in [2.24, 2.45) is 0 Å². The molecule has 0 aliphatic heterocycles. The van der Waals surface area contributed by atoms with Crippen molar-refractivity contribution in [2.45, 2.75) is 12.0 Å². The van der Waals surface area contributed by atoms with Gasteiger partial charge in [0.1, 0.15) is 0 Å². The lowest BCUT2D eigenvalue weighted by molar-refractivity contribution is -0.384. The van der Waals surface area contributed by atoms with Crippen molar-refractivity contribution in [2.75, 3.05) is 0 Å². The minimum Gasteiger partial charge on any atom is -0.481 e. The fraction of sp³-hybridized carbons (Fsp3) is 0.111. The maximum Gasteiger partial charge on any atom is 0.416 e. The Morgan fingerprint density at radius 3 is 2.07 bits per heavy atom. The van der Waals surface area contributed by atoms with E-state index in [0.29, 0.717) is 0 Å². The summed E-state index contributed by atoms with van der Waals surface area (Å²) in [7, 11) is 0. The van der Waals surface area contributed by atoms with Gasteiger partial charge in [-0.05, 0) is 29.8 Å². The van der Waals surface area contributed by atoms with Gasteiger partial charge in [-0.25, -0.2) is 14.4 Å². The highest BCUT2D eigenvalue weighted by Crippen LogP contribution is 2.28. The quantitative estimate of drug-likeness (QED) is 0.270. The predicted octanol–water partition coefficient (Wildman–Crippen LogP) is 1.92. The normalized spacial score (nSPS) is 12.3. The molecule has 0 saturated heterocycles. The lowest BCUT2D eigenvalue weighted by Crippen LogP contribution is -2.53. The molecule has 0 spiro atoms. The zero-order chi connectivity index (χ0) is 21.6. The number of nitrogens with zero attached hydrogens (tertiary/aromatic N) is 1. The molecule has 0 unspecified atom stereocenters. The van der Waals surface area contributed by atoms with E-state index in [1.807, 2.05) is 5.32 Å². The van der Waals surface area contributed by atoms with Crippen LogP contribution in [-0.4, -0.2) is 39.1 Å². The predicted molar refractivity (Wildman–Crippen MR) is 95.1 cm³/mol. The number of rotatable bonds is 7. The summed E-state index contributed by atoms with van der Waals surface area (Å²) in [6.07, 6.45) is -2.62. The van der Waals surface area contributed by atoms with Gasteiger partial charge in [0.05, 0.1) is 16.9 Å². The topological polar surface area (TPSA) is 173 Å². The lowest BCUT2D eigenvalue weighted by atomic mass is 9.86. The molecule has 0 aliphatic rings. The lowest BCUT2D eigenvalue weighted by Gasteiger charge is -2.28. The number of esters is 1. The molecule has 11 nitrogen and oxygen atoms in total. The van der Waals surface area contributed by atoms with E-state index in [-0.39, 0.29) is 16.8 Å². The van der Waals surface area contributed by atoms with E-state index >= 15 is 0 Å². The smallest absolute Gasteiger partial charge is 0.416 e. The molecule has 2 rings (SSSR count). The summed E-state index contributed by atoms with van der Waals surface area (Å²) < 4.78 is 4.55. The number of ether oxygens (including phenoxy) is 1. The van der Waals surface area contributed by atoms with Crippen LogP contribution in [0.25, 0.3) is 0 Å². The maximum atomic E-state index is 12.2. The number of carbonyl (C=O) groups excluding carboxylic acids is 2. The van der Waals surface area contributed by atoms with E-state index in [1.54, 1.807) is 6.07 Å². The van der Waals surface area contributed by atoms with Gasteiger partial charge in [-0.2, -0.15) is 0 Å². The van der Waals surface area contributed by atoms with Crippen LogP contribution in [0.4, 0.5) is 10.5 Å². The Hall–Kier alpha value is -4.28. The van der Waals surface area contributed by atoms with E-state index < -0.39 is 40.9 Å². The van der Waals surface area contributed by atoms with Gasteiger partial charge in [0.25, 0.3) is 5.69 Å². The number of nitro groups is 1. The number of aliphatic carboxylic acids is 2. The summed E-state index contributed by atoms with van der Waals surface area (Å²) in [4.78, 5) is 57.3. The van der Waals surface area contributed by atoms with Crippen molar-refractivity contribution in [3.05, 3.63) is 75.8 Å². The second-order valence-electron chi connectivity index (χ2n) is 5.75. The van der Waals surface area contributed by atoms with E-state index in [9.17, 15) is 34.4 Å². The number of carbonyl (C=O) groups is 4. The average Bonchev–Trinajstić information content (AvgIpc) is 2.67. The van der Waals surface area contributed by atoms with E-state index in [0.717, 1.165) is 24.3 Å². The first-order valence-corrected chi connectivity index (χ1v) is 7.95. The van der Waals surface area contributed by atoms with Crippen molar-refractivity contribution in [3.63, 3.8) is 0 Å². The average molecular weight is 402 g/mol. The van der Waals surface area contributed by atoms with Gasteiger partial charge in [0, 0.05) is 12.1 Å². The molecular formula is C18H14N2O9. The number of non-ortho nitro benzene ring substituents is 1. The number of carboxylic acids is 2. The Morgan fingerprint density at radius 2 is 1.59 bits per heavy atom. The van der Waals surface area contributed by atoms with Crippen molar-refractivity contribution >= 4 is 29.7 Å². The molecular weight excluding hydrogens is 388 g/mol. The zero-order valence-electron chi connectivity index (χ0n) is 14.6. The second kappa shape index (κ2) is 8.61. The first-order chi connectivity index (χ1) is 13.7. The van der Waals surface area contributed by atoms with Crippen LogP contribution in [0, 0.1) is 10.1 Å². The Morgan fingerprint density at radius 1 is 1.00 bits per heavy atom. The van der Waals surface area contributed by atoms with Crippen molar-refractivity contribution in [3.8, 4) is 0 Å². The number of alkyl carbamates (subject to hydrolysis) is 1. The first kappa shape index (κ1) is 21.0. The van der Waals surface area contributed by atoms with E-state index in [2.05, 4.69) is 4.74 Å². The van der Waals surface area contributed by atoms with Gasteiger partial charge in [-0.3, -0.25) is 14.9 Å². The third kappa shape index (κ3) is 4.91. The molecule has 0 aromatic heterocycles. The highest BCUT2D eigenvalue weighted by Gasteiger charge is 2.45. The summed E-state index contributed by atoms with van der Waals surface area (Å²) in [5.41, 5.74) is -3.15.